The fourth-order valence-corrected chi connectivity index (χ4v) is 3.24. The standard InChI is InChI=1S/C14H21NO4S/c1-5-10-6-7-11(13(16)17)8-12(10)20(18,19)15-9-14(2,3)4/h6-8,15H,5,9H2,1-4H3,(H,16,17). The molecule has 1 rings (SSSR count). The van der Waals surface area contributed by atoms with Crippen LogP contribution in [0.5, 0.6) is 0 Å². The Hall–Kier alpha value is -1.40. The van der Waals surface area contributed by atoms with Gasteiger partial charge in [-0.25, -0.2) is 17.9 Å². The maximum absolute atomic E-state index is 12.3. The molecule has 0 unspecified atom stereocenters. The Kier molecular flexibility index (Phi) is 4.94. The summed E-state index contributed by atoms with van der Waals surface area (Å²) >= 11 is 0. The summed E-state index contributed by atoms with van der Waals surface area (Å²) in [6.07, 6.45) is 0.520. The van der Waals surface area contributed by atoms with Crippen molar-refractivity contribution in [3.05, 3.63) is 29.3 Å². The Balaban J connectivity index is 3.21. The highest BCUT2D eigenvalue weighted by Gasteiger charge is 2.22. The number of carboxylic acids is 1. The van der Waals surface area contributed by atoms with Crippen LogP contribution in [-0.4, -0.2) is 26.0 Å². The van der Waals surface area contributed by atoms with Crippen LogP contribution in [0.2, 0.25) is 0 Å². The SMILES string of the molecule is CCc1ccc(C(=O)O)cc1S(=O)(=O)NCC(C)(C)C. The van der Waals surface area contributed by atoms with E-state index in [1.54, 1.807) is 6.07 Å². The first-order valence-corrected chi connectivity index (χ1v) is 7.91. The van der Waals surface area contributed by atoms with Crippen LogP contribution in [0.15, 0.2) is 23.1 Å². The van der Waals surface area contributed by atoms with Gasteiger partial charge < -0.3 is 5.11 Å². The van der Waals surface area contributed by atoms with Crippen molar-refractivity contribution in [2.75, 3.05) is 6.54 Å². The molecular weight excluding hydrogens is 278 g/mol. The summed E-state index contributed by atoms with van der Waals surface area (Å²) in [6, 6.07) is 4.19. The first-order valence-electron chi connectivity index (χ1n) is 6.43. The highest BCUT2D eigenvalue weighted by molar-refractivity contribution is 7.89. The number of aromatic carboxylic acids is 1. The molecule has 0 atom stereocenters. The fraction of sp³-hybridized carbons (Fsp3) is 0.500. The molecule has 0 spiro atoms. The molecule has 0 saturated heterocycles. The van der Waals surface area contributed by atoms with Gasteiger partial charge in [0.15, 0.2) is 0 Å². The molecule has 112 valence electrons. The number of hydrogen-bond donors (Lipinski definition) is 2. The van der Waals surface area contributed by atoms with E-state index >= 15 is 0 Å². The van der Waals surface area contributed by atoms with Crippen LogP contribution in [-0.2, 0) is 16.4 Å². The predicted octanol–water partition coefficient (Wildman–Crippen LogP) is 2.27. The molecule has 1 aromatic rings. The third kappa shape index (κ3) is 4.31. The van der Waals surface area contributed by atoms with Crippen molar-refractivity contribution in [3.8, 4) is 0 Å². The molecule has 0 heterocycles. The number of sulfonamides is 1. The number of carboxylic acid groups (broad SMARTS) is 1. The molecule has 0 saturated carbocycles. The van der Waals surface area contributed by atoms with E-state index in [-0.39, 0.29) is 22.4 Å². The van der Waals surface area contributed by atoms with Crippen molar-refractivity contribution in [2.45, 2.75) is 39.0 Å². The average molecular weight is 299 g/mol. The molecule has 0 aliphatic heterocycles. The van der Waals surface area contributed by atoms with Crippen molar-refractivity contribution in [2.24, 2.45) is 5.41 Å². The van der Waals surface area contributed by atoms with Gasteiger partial charge in [0.25, 0.3) is 0 Å². The Morgan fingerprint density at radius 3 is 2.35 bits per heavy atom. The lowest BCUT2D eigenvalue weighted by molar-refractivity contribution is 0.0696. The first kappa shape index (κ1) is 16.7. The van der Waals surface area contributed by atoms with Gasteiger partial charge in [0.2, 0.25) is 10.0 Å². The monoisotopic (exact) mass is 299 g/mol. The molecule has 0 bridgehead atoms. The fourth-order valence-electron chi connectivity index (χ4n) is 1.62. The smallest absolute Gasteiger partial charge is 0.335 e. The van der Waals surface area contributed by atoms with Gasteiger partial charge in [-0.3, -0.25) is 0 Å². The molecule has 0 aliphatic carbocycles. The minimum Gasteiger partial charge on any atom is -0.478 e. The molecule has 0 amide bonds. The van der Waals surface area contributed by atoms with Crippen LogP contribution in [0.4, 0.5) is 0 Å². The summed E-state index contributed by atoms with van der Waals surface area (Å²) in [5, 5.41) is 8.98. The first-order chi connectivity index (χ1) is 9.07. The van der Waals surface area contributed by atoms with Crippen molar-refractivity contribution < 1.29 is 18.3 Å². The van der Waals surface area contributed by atoms with Crippen molar-refractivity contribution in [1.29, 1.82) is 0 Å². The maximum atomic E-state index is 12.3. The summed E-state index contributed by atoms with van der Waals surface area (Å²) in [7, 11) is -3.71. The minimum atomic E-state index is -3.71. The Bertz CT molecular complexity index is 600. The largest absolute Gasteiger partial charge is 0.478 e. The molecule has 0 aromatic heterocycles. The Morgan fingerprint density at radius 1 is 1.30 bits per heavy atom. The summed E-state index contributed by atoms with van der Waals surface area (Å²) in [4.78, 5) is 11.0. The van der Waals surface area contributed by atoms with Gasteiger partial charge in [-0.05, 0) is 29.5 Å². The van der Waals surface area contributed by atoms with E-state index in [0.29, 0.717) is 12.0 Å². The third-order valence-corrected chi connectivity index (χ3v) is 4.26. The van der Waals surface area contributed by atoms with Crippen LogP contribution in [0.1, 0.15) is 43.6 Å². The van der Waals surface area contributed by atoms with E-state index in [0.717, 1.165) is 0 Å². The molecule has 20 heavy (non-hydrogen) atoms. The summed E-state index contributed by atoms with van der Waals surface area (Å²) in [5.74, 6) is -1.14. The molecule has 1 aromatic carbocycles. The summed E-state index contributed by atoms with van der Waals surface area (Å²) in [5.41, 5.74) is 0.388. The van der Waals surface area contributed by atoms with Gasteiger partial charge in [0.05, 0.1) is 10.5 Å². The van der Waals surface area contributed by atoms with Crippen LogP contribution < -0.4 is 4.72 Å². The second-order valence-corrected chi connectivity index (χ2v) is 7.60. The van der Waals surface area contributed by atoms with Gasteiger partial charge in [-0.2, -0.15) is 0 Å². The van der Waals surface area contributed by atoms with Crippen molar-refractivity contribution in [3.63, 3.8) is 0 Å². The number of aryl methyl sites for hydroxylation is 1. The van der Waals surface area contributed by atoms with E-state index in [2.05, 4.69) is 4.72 Å². The number of benzene rings is 1. The van der Waals surface area contributed by atoms with Crippen molar-refractivity contribution in [1.82, 2.24) is 4.72 Å². The third-order valence-electron chi connectivity index (χ3n) is 2.78. The van der Waals surface area contributed by atoms with Crippen LogP contribution >= 0.6 is 0 Å². The quantitative estimate of drug-likeness (QED) is 0.873. The van der Waals surface area contributed by atoms with Gasteiger partial charge >= 0.3 is 5.97 Å². The van der Waals surface area contributed by atoms with E-state index in [1.165, 1.54) is 12.1 Å². The number of carbonyl (C=O) groups is 1. The van der Waals surface area contributed by atoms with E-state index in [4.69, 9.17) is 5.11 Å². The van der Waals surface area contributed by atoms with Gasteiger partial charge in [-0.15, -0.1) is 0 Å². The minimum absolute atomic E-state index is 0.0293. The number of nitrogens with one attached hydrogen (secondary N) is 1. The average Bonchev–Trinajstić information content (AvgIpc) is 2.35. The molecule has 6 heteroatoms. The van der Waals surface area contributed by atoms with Gasteiger partial charge in [0, 0.05) is 6.54 Å². The molecule has 0 fully saturated rings. The maximum Gasteiger partial charge on any atom is 0.335 e. The molecule has 2 N–H and O–H groups in total. The molecule has 5 nitrogen and oxygen atoms in total. The lowest BCUT2D eigenvalue weighted by Crippen LogP contribution is -2.33. The summed E-state index contributed by atoms with van der Waals surface area (Å²) in [6.45, 7) is 7.88. The molecule has 0 radical (unpaired) electrons. The Labute approximate surface area is 120 Å². The zero-order valence-electron chi connectivity index (χ0n) is 12.2. The lowest BCUT2D eigenvalue weighted by atomic mass is 9.98. The molecular formula is C14H21NO4S. The van der Waals surface area contributed by atoms with Crippen molar-refractivity contribution >= 4 is 16.0 Å². The van der Waals surface area contributed by atoms with E-state index in [9.17, 15) is 13.2 Å². The highest BCUT2D eigenvalue weighted by Crippen LogP contribution is 2.20. The molecule has 0 aliphatic rings. The van der Waals surface area contributed by atoms with Gasteiger partial charge in [0.1, 0.15) is 0 Å². The lowest BCUT2D eigenvalue weighted by Gasteiger charge is -2.19. The Morgan fingerprint density at radius 2 is 1.90 bits per heavy atom. The summed E-state index contributed by atoms with van der Waals surface area (Å²) < 4.78 is 27.2. The topological polar surface area (TPSA) is 83.5 Å². The van der Waals surface area contributed by atoms with Crippen LogP contribution in [0, 0.1) is 5.41 Å². The predicted molar refractivity (Wildman–Crippen MR) is 77.4 cm³/mol. The normalized spacial score (nSPS) is 12.4. The second-order valence-electron chi connectivity index (χ2n) is 5.87. The zero-order chi connectivity index (χ0) is 15.6. The number of rotatable bonds is 5. The zero-order valence-corrected chi connectivity index (χ0v) is 13.0. The van der Waals surface area contributed by atoms with E-state index < -0.39 is 16.0 Å². The van der Waals surface area contributed by atoms with Gasteiger partial charge in [-0.1, -0.05) is 33.8 Å². The van der Waals surface area contributed by atoms with Crippen LogP contribution in [0.3, 0.4) is 0 Å². The second kappa shape index (κ2) is 5.93. The highest BCUT2D eigenvalue weighted by atomic mass is 32.2. The van der Waals surface area contributed by atoms with Crippen LogP contribution in [0.25, 0.3) is 0 Å². The number of hydrogen-bond acceptors (Lipinski definition) is 3. The van der Waals surface area contributed by atoms with E-state index in [1.807, 2.05) is 27.7 Å².